The van der Waals surface area contributed by atoms with E-state index in [-0.39, 0.29) is 0 Å². The molecule has 0 aromatic carbocycles. The van der Waals surface area contributed by atoms with Gasteiger partial charge in [0.1, 0.15) is 0 Å². The van der Waals surface area contributed by atoms with Crippen LogP contribution < -0.4 is 0 Å². The SMILES string of the molecule is CN(C)Cc1ccoc1S. The average Bonchev–Trinajstić information content (AvgIpc) is 2.15. The molecular formula is C7H11NOS. The molecule has 0 bridgehead atoms. The van der Waals surface area contributed by atoms with E-state index in [0.29, 0.717) is 5.09 Å². The maximum atomic E-state index is 5.00. The minimum absolute atomic E-state index is 0.716. The minimum atomic E-state index is 0.716. The molecule has 3 heteroatoms. The highest BCUT2D eigenvalue weighted by Gasteiger charge is 2.01. The second-order valence-electron chi connectivity index (χ2n) is 2.49. The van der Waals surface area contributed by atoms with E-state index in [9.17, 15) is 0 Å². The number of rotatable bonds is 2. The van der Waals surface area contributed by atoms with E-state index < -0.39 is 0 Å². The van der Waals surface area contributed by atoms with Crippen LogP contribution in [0.15, 0.2) is 21.8 Å². The number of hydrogen-bond donors (Lipinski definition) is 1. The molecule has 0 amide bonds. The summed E-state index contributed by atoms with van der Waals surface area (Å²) in [7, 11) is 4.03. The van der Waals surface area contributed by atoms with Gasteiger partial charge in [0.15, 0.2) is 5.09 Å². The van der Waals surface area contributed by atoms with Crippen LogP contribution in [0.5, 0.6) is 0 Å². The van der Waals surface area contributed by atoms with Gasteiger partial charge in [-0.25, -0.2) is 0 Å². The lowest BCUT2D eigenvalue weighted by atomic mass is 10.3. The first-order valence-corrected chi connectivity index (χ1v) is 3.55. The second-order valence-corrected chi connectivity index (χ2v) is 2.89. The Labute approximate surface area is 66.2 Å². The zero-order valence-corrected chi connectivity index (χ0v) is 7.06. The van der Waals surface area contributed by atoms with Gasteiger partial charge in [-0.3, -0.25) is 0 Å². The summed E-state index contributed by atoms with van der Waals surface area (Å²) in [5.41, 5.74) is 1.13. The number of furan rings is 1. The van der Waals surface area contributed by atoms with Gasteiger partial charge in [-0.1, -0.05) is 0 Å². The number of hydrogen-bond acceptors (Lipinski definition) is 3. The summed E-state index contributed by atoms with van der Waals surface area (Å²) in [6.45, 7) is 0.884. The third kappa shape index (κ3) is 1.78. The Morgan fingerprint density at radius 1 is 1.60 bits per heavy atom. The maximum absolute atomic E-state index is 5.00. The van der Waals surface area contributed by atoms with Crippen LogP contribution in [0.25, 0.3) is 0 Å². The zero-order valence-electron chi connectivity index (χ0n) is 6.16. The van der Waals surface area contributed by atoms with Crippen molar-refractivity contribution in [2.75, 3.05) is 14.1 Å². The Morgan fingerprint density at radius 2 is 2.30 bits per heavy atom. The molecule has 0 radical (unpaired) electrons. The van der Waals surface area contributed by atoms with Crippen molar-refractivity contribution in [3.05, 3.63) is 17.9 Å². The highest BCUT2D eigenvalue weighted by atomic mass is 32.1. The van der Waals surface area contributed by atoms with Crippen LogP contribution >= 0.6 is 12.6 Å². The summed E-state index contributed by atoms with van der Waals surface area (Å²) in [5.74, 6) is 0. The Morgan fingerprint density at radius 3 is 2.70 bits per heavy atom. The fourth-order valence-electron chi connectivity index (χ4n) is 0.789. The number of nitrogens with zero attached hydrogens (tertiary/aromatic N) is 1. The van der Waals surface area contributed by atoms with Crippen LogP contribution in [0.4, 0.5) is 0 Å². The van der Waals surface area contributed by atoms with Crippen LogP contribution in [-0.2, 0) is 6.54 Å². The van der Waals surface area contributed by atoms with Crippen molar-refractivity contribution in [1.82, 2.24) is 4.90 Å². The lowest BCUT2D eigenvalue weighted by molar-refractivity contribution is 0.385. The molecule has 1 rings (SSSR count). The maximum Gasteiger partial charge on any atom is 0.161 e. The lowest BCUT2D eigenvalue weighted by Crippen LogP contribution is -2.10. The molecule has 2 nitrogen and oxygen atoms in total. The van der Waals surface area contributed by atoms with Crippen molar-refractivity contribution in [2.45, 2.75) is 11.6 Å². The topological polar surface area (TPSA) is 16.4 Å². The van der Waals surface area contributed by atoms with Crippen LogP contribution in [0.2, 0.25) is 0 Å². The van der Waals surface area contributed by atoms with Crippen LogP contribution in [0.3, 0.4) is 0 Å². The highest BCUT2D eigenvalue weighted by Crippen LogP contribution is 2.15. The van der Waals surface area contributed by atoms with Crippen LogP contribution in [0.1, 0.15) is 5.56 Å². The van der Waals surface area contributed by atoms with Crippen molar-refractivity contribution < 1.29 is 4.42 Å². The molecule has 0 saturated heterocycles. The van der Waals surface area contributed by atoms with Gasteiger partial charge >= 0.3 is 0 Å². The first kappa shape index (κ1) is 7.69. The summed E-state index contributed by atoms with van der Waals surface area (Å²) in [4.78, 5) is 2.07. The molecule has 56 valence electrons. The van der Waals surface area contributed by atoms with Gasteiger partial charge in [0.25, 0.3) is 0 Å². The third-order valence-electron chi connectivity index (χ3n) is 1.21. The van der Waals surface area contributed by atoms with Gasteiger partial charge < -0.3 is 9.32 Å². The molecule has 0 aliphatic carbocycles. The quantitative estimate of drug-likeness (QED) is 0.657. The molecule has 0 unspecified atom stereocenters. The van der Waals surface area contributed by atoms with E-state index >= 15 is 0 Å². The van der Waals surface area contributed by atoms with Crippen LogP contribution in [-0.4, -0.2) is 19.0 Å². The molecule has 0 atom stereocenters. The summed E-state index contributed by atoms with van der Waals surface area (Å²) in [5, 5.41) is 0.716. The van der Waals surface area contributed by atoms with Crippen molar-refractivity contribution >= 4 is 12.6 Å². The molecule has 0 N–H and O–H groups in total. The standard InChI is InChI=1S/C7H11NOS/c1-8(2)5-6-3-4-9-7(6)10/h3-4,10H,5H2,1-2H3. The van der Waals surface area contributed by atoms with Gasteiger partial charge in [0.2, 0.25) is 0 Å². The molecule has 0 fully saturated rings. The van der Waals surface area contributed by atoms with Crippen molar-refractivity contribution in [1.29, 1.82) is 0 Å². The lowest BCUT2D eigenvalue weighted by Gasteiger charge is -2.06. The van der Waals surface area contributed by atoms with E-state index in [0.717, 1.165) is 12.1 Å². The molecule has 1 heterocycles. The summed E-state index contributed by atoms with van der Waals surface area (Å²) >= 11 is 4.13. The van der Waals surface area contributed by atoms with E-state index in [1.807, 2.05) is 20.2 Å². The Balaban J connectivity index is 2.65. The Bertz CT molecular complexity index is 207. The summed E-state index contributed by atoms with van der Waals surface area (Å²) in [6, 6.07) is 1.93. The zero-order chi connectivity index (χ0) is 7.56. The fraction of sp³-hybridized carbons (Fsp3) is 0.429. The van der Waals surface area contributed by atoms with Crippen molar-refractivity contribution in [2.24, 2.45) is 0 Å². The molecule has 0 aliphatic rings. The molecule has 0 aliphatic heterocycles. The van der Waals surface area contributed by atoms with E-state index in [1.54, 1.807) is 6.26 Å². The van der Waals surface area contributed by atoms with Crippen LogP contribution in [0, 0.1) is 0 Å². The van der Waals surface area contributed by atoms with Gasteiger partial charge in [0.05, 0.1) is 6.26 Å². The van der Waals surface area contributed by atoms with Gasteiger partial charge in [-0.15, -0.1) is 12.6 Å². The average molecular weight is 157 g/mol. The molecule has 10 heavy (non-hydrogen) atoms. The number of thiol groups is 1. The molecular weight excluding hydrogens is 146 g/mol. The Kier molecular flexibility index (Phi) is 2.40. The molecule has 1 aromatic heterocycles. The fourth-order valence-corrected chi connectivity index (χ4v) is 0.995. The van der Waals surface area contributed by atoms with E-state index in [4.69, 9.17) is 4.42 Å². The van der Waals surface area contributed by atoms with Gasteiger partial charge in [0, 0.05) is 12.1 Å². The monoisotopic (exact) mass is 157 g/mol. The van der Waals surface area contributed by atoms with E-state index in [2.05, 4.69) is 17.5 Å². The first-order chi connectivity index (χ1) is 4.70. The largest absolute Gasteiger partial charge is 0.458 e. The second kappa shape index (κ2) is 3.12. The third-order valence-corrected chi connectivity index (χ3v) is 1.60. The molecule has 1 aromatic rings. The Hall–Kier alpha value is -0.410. The summed E-state index contributed by atoms with van der Waals surface area (Å²) < 4.78 is 5.00. The smallest absolute Gasteiger partial charge is 0.161 e. The molecule has 0 spiro atoms. The minimum Gasteiger partial charge on any atom is -0.458 e. The normalized spacial score (nSPS) is 10.8. The van der Waals surface area contributed by atoms with Crippen molar-refractivity contribution in [3.8, 4) is 0 Å². The van der Waals surface area contributed by atoms with E-state index in [1.165, 1.54) is 0 Å². The highest BCUT2D eigenvalue weighted by molar-refractivity contribution is 7.80. The first-order valence-electron chi connectivity index (χ1n) is 3.10. The molecule has 0 saturated carbocycles. The van der Waals surface area contributed by atoms with Crippen molar-refractivity contribution in [3.63, 3.8) is 0 Å². The predicted octanol–water partition coefficient (Wildman–Crippen LogP) is 1.63. The van der Waals surface area contributed by atoms with Gasteiger partial charge in [-0.2, -0.15) is 0 Å². The predicted molar refractivity (Wildman–Crippen MR) is 43.4 cm³/mol. The van der Waals surface area contributed by atoms with Gasteiger partial charge in [-0.05, 0) is 20.2 Å². The summed E-state index contributed by atoms with van der Waals surface area (Å²) in [6.07, 6.45) is 1.65.